The Labute approximate surface area is 151 Å². The van der Waals surface area contributed by atoms with E-state index in [2.05, 4.69) is 20.9 Å². The molecule has 0 aliphatic carbocycles. The highest BCUT2D eigenvalue weighted by molar-refractivity contribution is 5.94. The number of benzene rings is 2. The number of aliphatic imine (C=N–C) groups is 1. The zero-order valence-electron chi connectivity index (χ0n) is 14.8. The van der Waals surface area contributed by atoms with Gasteiger partial charge in [0.2, 0.25) is 0 Å². The highest BCUT2D eigenvalue weighted by atomic mass is 19.1. The van der Waals surface area contributed by atoms with E-state index in [1.165, 1.54) is 12.1 Å². The van der Waals surface area contributed by atoms with Gasteiger partial charge in [0.15, 0.2) is 5.96 Å². The quantitative estimate of drug-likeness (QED) is 0.421. The molecule has 7 heteroatoms. The average molecular weight is 360 g/mol. The van der Waals surface area contributed by atoms with Crippen LogP contribution < -0.4 is 16.0 Å². The topological polar surface area (TPSA) is 65.5 Å². The summed E-state index contributed by atoms with van der Waals surface area (Å²) in [7, 11) is 1.60. The lowest BCUT2D eigenvalue weighted by Gasteiger charge is -2.13. The van der Waals surface area contributed by atoms with Crippen LogP contribution in [0.4, 0.5) is 8.78 Å². The molecule has 26 heavy (non-hydrogen) atoms. The minimum Gasteiger partial charge on any atom is -0.355 e. The number of carbonyl (C=O) groups excluding carboxylic acids is 1. The Kier molecular flexibility index (Phi) is 7.08. The van der Waals surface area contributed by atoms with Crippen molar-refractivity contribution < 1.29 is 13.6 Å². The predicted molar refractivity (Wildman–Crippen MR) is 98.1 cm³/mol. The molecule has 138 valence electrons. The van der Waals surface area contributed by atoms with Gasteiger partial charge in [0, 0.05) is 37.8 Å². The second-order valence-electron chi connectivity index (χ2n) is 5.66. The molecular formula is C19H22F2N4O. The SMILES string of the molecule is CN=C(NCCNC(=O)c1ccc(C)c(F)c1)NCc1ccccc1F. The molecule has 1 amide bonds. The zero-order valence-corrected chi connectivity index (χ0v) is 14.8. The van der Waals surface area contributed by atoms with E-state index in [1.54, 1.807) is 44.3 Å². The van der Waals surface area contributed by atoms with E-state index in [0.29, 0.717) is 36.7 Å². The third-order valence-electron chi connectivity index (χ3n) is 3.76. The Morgan fingerprint density at radius 2 is 1.73 bits per heavy atom. The summed E-state index contributed by atoms with van der Waals surface area (Å²) in [6.07, 6.45) is 0. The van der Waals surface area contributed by atoms with Gasteiger partial charge in [-0.25, -0.2) is 8.78 Å². The van der Waals surface area contributed by atoms with E-state index in [9.17, 15) is 13.6 Å². The molecule has 0 bridgehead atoms. The maximum atomic E-state index is 13.6. The van der Waals surface area contributed by atoms with Gasteiger partial charge in [0.25, 0.3) is 5.91 Å². The second kappa shape index (κ2) is 9.50. The van der Waals surface area contributed by atoms with Gasteiger partial charge in [-0.2, -0.15) is 0 Å². The van der Waals surface area contributed by atoms with Crippen LogP contribution in [0.1, 0.15) is 21.5 Å². The first-order valence-corrected chi connectivity index (χ1v) is 8.23. The van der Waals surface area contributed by atoms with Gasteiger partial charge in [0.05, 0.1) is 0 Å². The summed E-state index contributed by atoms with van der Waals surface area (Å²) in [5.74, 6) is -0.551. The van der Waals surface area contributed by atoms with Crippen LogP contribution in [0.2, 0.25) is 0 Å². The molecule has 0 spiro atoms. The molecule has 2 aromatic rings. The molecule has 0 unspecified atom stereocenters. The highest BCUT2D eigenvalue weighted by Crippen LogP contribution is 2.09. The van der Waals surface area contributed by atoms with Crippen molar-refractivity contribution in [2.75, 3.05) is 20.1 Å². The summed E-state index contributed by atoms with van der Waals surface area (Å²) >= 11 is 0. The van der Waals surface area contributed by atoms with Crippen molar-refractivity contribution in [3.8, 4) is 0 Å². The second-order valence-corrected chi connectivity index (χ2v) is 5.66. The third-order valence-corrected chi connectivity index (χ3v) is 3.76. The number of halogens is 2. The molecule has 0 aliphatic rings. The van der Waals surface area contributed by atoms with Gasteiger partial charge in [-0.05, 0) is 30.7 Å². The van der Waals surface area contributed by atoms with Gasteiger partial charge >= 0.3 is 0 Å². The highest BCUT2D eigenvalue weighted by Gasteiger charge is 2.08. The van der Waals surface area contributed by atoms with E-state index in [1.807, 2.05) is 0 Å². The van der Waals surface area contributed by atoms with Crippen LogP contribution >= 0.6 is 0 Å². The lowest BCUT2D eigenvalue weighted by Crippen LogP contribution is -2.41. The summed E-state index contributed by atoms with van der Waals surface area (Å²) in [5, 5.41) is 8.71. The van der Waals surface area contributed by atoms with E-state index < -0.39 is 5.82 Å². The number of rotatable bonds is 6. The molecule has 0 heterocycles. The van der Waals surface area contributed by atoms with E-state index in [0.717, 1.165) is 0 Å². The van der Waals surface area contributed by atoms with Crippen LogP contribution in [-0.4, -0.2) is 32.0 Å². The van der Waals surface area contributed by atoms with Crippen LogP contribution in [-0.2, 0) is 6.54 Å². The number of hydrogen-bond acceptors (Lipinski definition) is 2. The van der Waals surface area contributed by atoms with Crippen LogP contribution in [0.25, 0.3) is 0 Å². The van der Waals surface area contributed by atoms with E-state index >= 15 is 0 Å². The third kappa shape index (κ3) is 5.54. The maximum Gasteiger partial charge on any atom is 0.251 e. The first-order chi connectivity index (χ1) is 12.5. The molecule has 2 rings (SSSR count). The van der Waals surface area contributed by atoms with Crippen molar-refractivity contribution >= 4 is 11.9 Å². The molecule has 0 aliphatic heterocycles. The van der Waals surface area contributed by atoms with Crippen molar-refractivity contribution in [2.45, 2.75) is 13.5 Å². The minimum atomic E-state index is -0.409. The first kappa shape index (κ1) is 19.4. The molecule has 0 radical (unpaired) electrons. The predicted octanol–water partition coefficient (Wildman–Crippen LogP) is 2.37. The number of carbonyl (C=O) groups is 1. The van der Waals surface area contributed by atoms with Gasteiger partial charge in [-0.3, -0.25) is 9.79 Å². The average Bonchev–Trinajstić information content (AvgIpc) is 2.64. The summed E-state index contributed by atoms with van der Waals surface area (Å²) in [4.78, 5) is 16.0. The van der Waals surface area contributed by atoms with Crippen molar-refractivity contribution in [1.29, 1.82) is 0 Å². The fraction of sp³-hybridized carbons (Fsp3) is 0.263. The molecular weight excluding hydrogens is 338 g/mol. The van der Waals surface area contributed by atoms with Crippen molar-refractivity contribution in [3.05, 3.63) is 70.8 Å². The fourth-order valence-corrected chi connectivity index (χ4v) is 2.23. The number of aryl methyl sites for hydroxylation is 1. The van der Waals surface area contributed by atoms with Crippen molar-refractivity contribution in [3.63, 3.8) is 0 Å². The Hall–Kier alpha value is -2.96. The lowest BCUT2D eigenvalue weighted by atomic mass is 10.1. The molecule has 0 aromatic heterocycles. The van der Waals surface area contributed by atoms with Crippen molar-refractivity contribution in [1.82, 2.24) is 16.0 Å². The van der Waals surface area contributed by atoms with E-state index in [-0.39, 0.29) is 17.3 Å². The molecule has 2 aromatic carbocycles. The Balaban J connectivity index is 1.74. The van der Waals surface area contributed by atoms with Gasteiger partial charge in [-0.15, -0.1) is 0 Å². The molecule has 0 saturated carbocycles. The van der Waals surface area contributed by atoms with Crippen molar-refractivity contribution in [2.24, 2.45) is 4.99 Å². The van der Waals surface area contributed by atoms with Gasteiger partial charge < -0.3 is 16.0 Å². The molecule has 5 nitrogen and oxygen atoms in total. The Morgan fingerprint density at radius 1 is 1.00 bits per heavy atom. The summed E-state index contributed by atoms with van der Waals surface area (Å²) in [6, 6.07) is 10.8. The number of nitrogens with one attached hydrogen (secondary N) is 3. The number of nitrogens with zero attached hydrogens (tertiary/aromatic N) is 1. The molecule has 0 fully saturated rings. The molecule has 0 atom stereocenters. The fourth-order valence-electron chi connectivity index (χ4n) is 2.23. The van der Waals surface area contributed by atoms with Gasteiger partial charge in [-0.1, -0.05) is 24.3 Å². The largest absolute Gasteiger partial charge is 0.355 e. The Bertz CT molecular complexity index is 793. The van der Waals surface area contributed by atoms with Crippen LogP contribution in [0.5, 0.6) is 0 Å². The summed E-state index contributed by atoms with van der Waals surface area (Å²) in [5.41, 5.74) is 1.30. The number of hydrogen-bond donors (Lipinski definition) is 3. The molecule has 0 saturated heterocycles. The number of guanidine groups is 1. The first-order valence-electron chi connectivity index (χ1n) is 8.23. The zero-order chi connectivity index (χ0) is 18.9. The van der Waals surface area contributed by atoms with Gasteiger partial charge in [0.1, 0.15) is 11.6 Å². The Morgan fingerprint density at radius 3 is 2.42 bits per heavy atom. The van der Waals surface area contributed by atoms with Crippen LogP contribution in [0.3, 0.4) is 0 Å². The summed E-state index contributed by atoms with van der Waals surface area (Å²) < 4.78 is 27.1. The minimum absolute atomic E-state index is 0.273. The normalized spacial score (nSPS) is 11.2. The monoisotopic (exact) mass is 360 g/mol. The number of amides is 1. The molecule has 3 N–H and O–H groups in total. The van der Waals surface area contributed by atoms with Crippen LogP contribution in [0, 0.1) is 18.6 Å². The van der Waals surface area contributed by atoms with E-state index in [4.69, 9.17) is 0 Å². The standard InChI is InChI=1S/C19H22F2N4O/c1-13-7-8-14(11-17(13)21)18(26)23-9-10-24-19(22-2)25-12-15-5-3-4-6-16(15)20/h3-8,11H,9-10,12H2,1-2H3,(H,23,26)(H2,22,24,25). The summed E-state index contributed by atoms with van der Waals surface area (Å²) in [6.45, 7) is 2.67. The maximum absolute atomic E-state index is 13.6. The lowest BCUT2D eigenvalue weighted by molar-refractivity contribution is 0.0954. The smallest absolute Gasteiger partial charge is 0.251 e. The van der Waals surface area contributed by atoms with Crippen LogP contribution in [0.15, 0.2) is 47.5 Å².